The summed E-state index contributed by atoms with van der Waals surface area (Å²) < 4.78 is 52.2. The summed E-state index contributed by atoms with van der Waals surface area (Å²) in [4.78, 5) is 36.2. The molecular formula is C25H30FN5O6S2. The van der Waals surface area contributed by atoms with Crippen LogP contribution in [0.4, 0.5) is 4.39 Å². The van der Waals surface area contributed by atoms with Crippen molar-refractivity contribution >= 4 is 33.4 Å². The zero-order valence-corrected chi connectivity index (χ0v) is 23.8. The molecule has 0 aliphatic heterocycles. The summed E-state index contributed by atoms with van der Waals surface area (Å²) in [5.41, 5.74) is 1.42. The quantitative estimate of drug-likeness (QED) is 0.312. The molecule has 0 saturated heterocycles. The first kappa shape index (κ1) is 29.9. The van der Waals surface area contributed by atoms with Gasteiger partial charge in [-0.15, -0.1) is 11.3 Å². The normalized spacial score (nSPS) is 11.2. The van der Waals surface area contributed by atoms with Gasteiger partial charge < -0.3 is 14.4 Å². The van der Waals surface area contributed by atoms with Crippen molar-refractivity contribution in [2.45, 2.75) is 33.2 Å². The van der Waals surface area contributed by atoms with Crippen molar-refractivity contribution in [1.82, 2.24) is 24.3 Å². The van der Waals surface area contributed by atoms with Crippen LogP contribution in [0.2, 0.25) is 0 Å². The second-order valence-corrected chi connectivity index (χ2v) is 11.3. The summed E-state index contributed by atoms with van der Waals surface area (Å²) in [5, 5.41) is 0.423. The number of carbonyl (C=O) groups excluding carboxylic acids is 2. The fourth-order valence-electron chi connectivity index (χ4n) is 3.83. The molecule has 11 nitrogen and oxygen atoms in total. The molecule has 14 heteroatoms. The van der Waals surface area contributed by atoms with Gasteiger partial charge in [0.25, 0.3) is 11.8 Å². The topological polar surface area (TPSA) is 140 Å². The molecular weight excluding hydrogens is 549 g/mol. The number of aryl methyl sites for hydroxylation is 2. The lowest BCUT2D eigenvalue weighted by molar-refractivity contribution is 0.0740. The maximum atomic E-state index is 14.0. The van der Waals surface area contributed by atoms with Gasteiger partial charge in [0.15, 0.2) is 0 Å². The molecule has 2 heterocycles. The molecule has 0 aliphatic carbocycles. The Labute approximate surface area is 230 Å². The molecule has 0 aliphatic rings. The van der Waals surface area contributed by atoms with Crippen LogP contribution in [0.25, 0.3) is 0 Å². The van der Waals surface area contributed by atoms with Gasteiger partial charge >= 0.3 is 10.2 Å². The van der Waals surface area contributed by atoms with Crippen molar-refractivity contribution in [2.24, 2.45) is 0 Å². The van der Waals surface area contributed by atoms with Crippen LogP contribution in [-0.2, 0) is 23.2 Å². The number of rotatable bonds is 12. The minimum atomic E-state index is -4.01. The van der Waals surface area contributed by atoms with E-state index in [1.165, 1.54) is 43.7 Å². The molecule has 0 atom stereocenters. The van der Waals surface area contributed by atoms with Crippen LogP contribution in [0.15, 0.2) is 30.5 Å². The third-order valence-corrected chi connectivity index (χ3v) is 7.82. The van der Waals surface area contributed by atoms with E-state index in [1.54, 1.807) is 31.2 Å². The number of carbonyl (C=O) groups is 2. The highest BCUT2D eigenvalue weighted by atomic mass is 32.2. The first-order valence-electron chi connectivity index (χ1n) is 11.8. The van der Waals surface area contributed by atoms with Crippen molar-refractivity contribution in [3.05, 3.63) is 68.7 Å². The van der Waals surface area contributed by atoms with Crippen LogP contribution in [0.1, 0.15) is 48.3 Å². The number of thiazole rings is 1. The molecule has 0 bridgehead atoms. The Hall–Kier alpha value is -3.62. The van der Waals surface area contributed by atoms with Gasteiger partial charge in [-0.2, -0.15) is 12.8 Å². The molecule has 2 N–H and O–H groups in total. The number of halogens is 1. The first-order chi connectivity index (χ1) is 18.5. The fourth-order valence-corrected chi connectivity index (χ4v) is 5.21. The highest BCUT2D eigenvalue weighted by Gasteiger charge is 2.24. The van der Waals surface area contributed by atoms with E-state index in [0.717, 1.165) is 5.56 Å². The number of nitrogens with zero attached hydrogens (tertiary/aromatic N) is 3. The third kappa shape index (κ3) is 7.49. The Morgan fingerprint density at radius 2 is 1.82 bits per heavy atom. The van der Waals surface area contributed by atoms with E-state index >= 15 is 0 Å². The lowest BCUT2D eigenvalue weighted by Gasteiger charge is -2.23. The lowest BCUT2D eigenvalue weighted by Crippen LogP contribution is -2.38. The second kappa shape index (κ2) is 13.0. The zero-order valence-electron chi connectivity index (χ0n) is 22.2. The van der Waals surface area contributed by atoms with Gasteiger partial charge in [0.1, 0.15) is 22.2 Å². The summed E-state index contributed by atoms with van der Waals surface area (Å²) in [6, 6.07) is 6.51. The number of methoxy groups -OCH3 is 2. The highest BCUT2D eigenvalue weighted by molar-refractivity contribution is 7.88. The van der Waals surface area contributed by atoms with Gasteiger partial charge in [-0.3, -0.25) is 9.59 Å². The van der Waals surface area contributed by atoms with E-state index in [2.05, 4.69) is 9.97 Å². The molecule has 2 aromatic heterocycles. The average molecular weight is 580 g/mol. The molecule has 0 fully saturated rings. The number of ether oxygens (including phenoxy) is 2. The summed E-state index contributed by atoms with van der Waals surface area (Å²) in [5.74, 6) is -0.849. The van der Waals surface area contributed by atoms with Gasteiger partial charge in [-0.05, 0) is 44.9 Å². The predicted octanol–water partition coefficient (Wildman–Crippen LogP) is 2.78. The van der Waals surface area contributed by atoms with Crippen LogP contribution in [-0.4, -0.2) is 62.9 Å². The van der Waals surface area contributed by atoms with Gasteiger partial charge in [0.05, 0.1) is 20.8 Å². The minimum absolute atomic E-state index is 0.0322. The number of aromatic nitrogens is 2. The van der Waals surface area contributed by atoms with E-state index in [-0.39, 0.29) is 24.7 Å². The minimum Gasteiger partial charge on any atom is -0.496 e. The lowest BCUT2D eigenvalue weighted by atomic mass is 10.1. The molecule has 1 aromatic carbocycles. The second-order valence-electron chi connectivity index (χ2n) is 8.44. The number of nitrogens with one attached hydrogen (secondary N) is 2. The van der Waals surface area contributed by atoms with Crippen molar-refractivity contribution in [3.8, 4) is 11.5 Å². The fraction of sp³-hybridized carbons (Fsp3) is 0.360. The van der Waals surface area contributed by atoms with Crippen molar-refractivity contribution in [1.29, 1.82) is 0 Å². The molecule has 0 radical (unpaired) electrons. The summed E-state index contributed by atoms with van der Waals surface area (Å²) in [6.45, 7) is 3.71. The first-order valence-corrected chi connectivity index (χ1v) is 14.1. The largest absolute Gasteiger partial charge is 0.496 e. The molecule has 3 aromatic rings. The van der Waals surface area contributed by atoms with Gasteiger partial charge in [0.2, 0.25) is 5.95 Å². The molecule has 210 valence electrons. The smallest absolute Gasteiger partial charge is 0.301 e. The van der Waals surface area contributed by atoms with E-state index in [1.807, 2.05) is 16.4 Å². The van der Waals surface area contributed by atoms with Crippen LogP contribution >= 0.6 is 11.3 Å². The zero-order chi connectivity index (χ0) is 28.7. The van der Waals surface area contributed by atoms with Crippen LogP contribution in [0.5, 0.6) is 11.5 Å². The number of hydrogen-bond acceptors (Lipinski definition) is 9. The van der Waals surface area contributed by atoms with Crippen molar-refractivity contribution in [2.75, 3.05) is 27.8 Å². The molecule has 0 spiro atoms. The average Bonchev–Trinajstić information content (AvgIpc) is 3.28. The summed E-state index contributed by atoms with van der Waals surface area (Å²) >= 11 is 1.17. The Balaban J connectivity index is 1.90. The molecule has 0 saturated carbocycles. The number of hydrogen-bond donors (Lipinski definition) is 2. The van der Waals surface area contributed by atoms with Crippen LogP contribution in [0, 0.1) is 19.8 Å². The van der Waals surface area contributed by atoms with Crippen LogP contribution in [0.3, 0.4) is 0 Å². The van der Waals surface area contributed by atoms with E-state index in [0.29, 0.717) is 45.4 Å². The highest BCUT2D eigenvalue weighted by Crippen LogP contribution is 2.30. The number of amides is 2. The Morgan fingerprint density at radius 3 is 2.41 bits per heavy atom. The Morgan fingerprint density at radius 1 is 1.15 bits per heavy atom. The molecule has 3 rings (SSSR count). The van der Waals surface area contributed by atoms with Gasteiger partial charge in [-0.1, -0.05) is 6.07 Å². The molecule has 2 amide bonds. The molecule has 39 heavy (non-hydrogen) atoms. The van der Waals surface area contributed by atoms with Gasteiger partial charge in [0, 0.05) is 41.4 Å². The van der Waals surface area contributed by atoms with Crippen molar-refractivity contribution < 1.29 is 31.9 Å². The molecule has 0 unspecified atom stereocenters. The van der Waals surface area contributed by atoms with Crippen LogP contribution < -0.4 is 18.9 Å². The monoisotopic (exact) mass is 579 g/mol. The van der Waals surface area contributed by atoms with Gasteiger partial charge in [-0.25, -0.2) is 19.4 Å². The maximum Gasteiger partial charge on any atom is 0.301 e. The van der Waals surface area contributed by atoms with E-state index in [4.69, 9.17) is 9.47 Å². The number of pyridine rings is 1. The third-order valence-electron chi connectivity index (χ3n) is 5.87. The standard InChI is InChI=1S/C25H30FN5O6S2/c1-15-19(36-4)12-18(13-20(15)37-5)25(33)31(11-7-9-17-8-6-10-28-23(17)26)14-21-29-22(16(2)38-21)24(32)30-39(34,35)27-3/h6,8,10,12-13,27H,7,9,11,14H2,1-5H3,(H,30,32). The Kier molecular flexibility index (Phi) is 9.94. The maximum absolute atomic E-state index is 14.0. The SMILES string of the molecule is CNS(=O)(=O)NC(=O)c1nc(CN(CCCc2cccnc2F)C(=O)c2cc(OC)c(C)c(OC)c2)sc1C. The summed E-state index contributed by atoms with van der Waals surface area (Å²) in [7, 11) is 0.148. The number of benzene rings is 1. The van der Waals surface area contributed by atoms with E-state index < -0.39 is 22.1 Å². The summed E-state index contributed by atoms with van der Waals surface area (Å²) in [6.07, 6.45) is 2.14. The Bertz CT molecular complexity index is 1440. The van der Waals surface area contributed by atoms with Crippen molar-refractivity contribution in [3.63, 3.8) is 0 Å². The predicted molar refractivity (Wildman–Crippen MR) is 144 cm³/mol. The van der Waals surface area contributed by atoms with E-state index in [9.17, 15) is 22.4 Å².